The predicted molar refractivity (Wildman–Crippen MR) is 60.2 cm³/mol. The van der Waals surface area contributed by atoms with Gasteiger partial charge in [-0.05, 0) is 30.4 Å². The summed E-state index contributed by atoms with van der Waals surface area (Å²) in [6, 6.07) is 6.01. The number of nitro benzene ring substituents is 1. The molecule has 1 aromatic rings. The van der Waals surface area contributed by atoms with Crippen molar-refractivity contribution in [3.05, 3.63) is 39.4 Å². The highest BCUT2D eigenvalue weighted by Gasteiger charge is 2.31. The molecule has 2 aliphatic rings. The molecule has 4 heteroatoms. The molecule has 0 atom stereocenters. The van der Waals surface area contributed by atoms with Crippen molar-refractivity contribution < 1.29 is 4.92 Å². The highest BCUT2D eigenvalue weighted by atomic mass is 16.6. The summed E-state index contributed by atoms with van der Waals surface area (Å²) in [4.78, 5) is 12.8. The third kappa shape index (κ3) is 1.69. The topological polar surface area (TPSA) is 46.4 Å². The Morgan fingerprint density at radius 1 is 1.31 bits per heavy atom. The Bertz CT molecular complexity index is 441. The van der Waals surface area contributed by atoms with Crippen molar-refractivity contribution in [2.45, 2.75) is 31.8 Å². The summed E-state index contributed by atoms with van der Waals surface area (Å²) in [7, 11) is 0. The SMILES string of the molecule is O=[N+]([O-])c1ccc2c(c1)CN(C1CC1)CC2. The number of hydrogen-bond acceptors (Lipinski definition) is 3. The van der Waals surface area contributed by atoms with Gasteiger partial charge in [0.05, 0.1) is 4.92 Å². The maximum atomic E-state index is 10.7. The van der Waals surface area contributed by atoms with Crippen molar-refractivity contribution >= 4 is 5.69 Å². The molecule has 1 heterocycles. The first-order valence-corrected chi connectivity index (χ1v) is 5.74. The Morgan fingerprint density at radius 2 is 2.12 bits per heavy atom. The molecule has 1 fully saturated rings. The van der Waals surface area contributed by atoms with Crippen LogP contribution in [-0.2, 0) is 13.0 Å². The van der Waals surface area contributed by atoms with Crippen molar-refractivity contribution in [3.8, 4) is 0 Å². The maximum Gasteiger partial charge on any atom is 0.269 e. The molecule has 1 aliphatic heterocycles. The third-order valence-electron chi connectivity index (χ3n) is 3.51. The van der Waals surface area contributed by atoms with Gasteiger partial charge >= 0.3 is 0 Å². The van der Waals surface area contributed by atoms with E-state index in [1.165, 1.54) is 18.4 Å². The van der Waals surface area contributed by atoms with E-state index in [1.54, 1.807) is 12.1 Å². The van der Waals surface area contributed by atoms with E-state index in [0.717, 1.165) is 31.1 Å². The number of fused-ring (bicyclic) bond motifs is 1. The molecule has 0 amide bonds. The first-order chi connectivity index (χ1) is 7.74. The minimum atomic E-state index is -0.309. The van der Waals surface area contributed by atoms with Crippen molar-refractivity contribution in [1.82, 2.24) is 4.90 Å². The lowest BCUT2D eigenvalue weighted by Crippen LogP contribution is -2.32. The van der Waals surface area contributed by atoms with Crippen LogP contribution in [-0.4, -0.2) is 22.4 Å². The third-order valence-corrected chi connectivity index (χ3v) is 3.51. The van der Waals surface area contributed by atoms with Gasteiger partial charge in [0, 0.05) is 31.3 Å². The van der Waals surface area contributed by atoms with Gasteiger partial charge in [-0.1, -0.05) is 6.07 Å². The summed E-state index contributed by atoms with van der Waals surface area (Å²) >= 11 is 0. The van der Waals surface area contributed by atoms with E-state index in [-0.39, 0.29) is 10.6 Å². The summed E-state index contributed by atoms with van der Waals surface area (Å²) in [5.74, 6) is 0. The first kappa shape index (κ1) is 9.78. The first-order valence-electron chi connectivity index (χ1n) is 5.74. The van der Waals surface area contributed by atoms with Crippen molar-refractivity contribution in [2.24, 2.45) is 0 Å². The van der Waals surface area contributed by atoms with Crippen molar-refractivity contribution in [3.63, 3.8) is 0 Å². The number of nitro groups is 1. The highest BCUT2D eigenvalue weighted by Crippen LogP contribution is 2.32. The lowest BCUT2D eigenvalue weighted by atomic mass is 9.99. The predicted octanol–water partition coefficient (Wildman–Crippen LogP) is 2.12. The second-order valence-electron chi connectivity index (χ2n) is 4.66. The Kier molecular flexibility index (Phi) is 2.17. The van der Waals surface area contributed by atoms with Crippen molar-refractivity contribution in [1.29, 1.82) is 0 Å². The molecule has 0 spiro atoms. The number of non-ortho nitro benzene ring substituents is 1. The van der Waals surface area contributed by atoms with Crippen LogP contribution in [0.15, 0.2) is 18.2 Å². The van der Waals surface area contributed by atoms with E-state index >= 15 is 0 Å². The minimum Gasteiger partial charge on any atom is -0.296 e. The highest BCUT2D eigenvalue weighted by molar-refractivity contribution is 5.41. The van der Waals surface area contributed by atoms with Gasteiger partial charge in [0.15, 0.2) is 0 Å². The van der Waals surface area contributed by atoms with E-state index in [4.69, 9.17) is 0 Å². The van der Waals surface area contributed by atoms with E-state index in [2.05, 4.69) is 4.90 Å². The molecule has 0 bridgehead atoms. The zero-order chi connectivity index (χ0) is 11.1. The molecule has 16 heavy (non-hydrogen) atoms. The van der Waals surface area contributed by atoms with Crippen LogP contribution in [0.25, 0.3) is 0 Å². The minimum absolute atomic E-state index is 0.219. The molecule has 4 nitrogen and oxygen atoms in total. The molecular formula is C12H14N2O2. The monoisotopic (exact) mass is 218 g/mol. The lowest BCUT2D eigenvalue weighted by Gasteiger charge is -2.28. The Labute approximate surface area is 94.0 Å². The molecule has 1 saturated carbocycles. The lowest BCUT2D eigenvalue weighted by molar-refractivity contribution is -0.385. The molecule has 1 aliphatic carbocycles. The Balaban J connectivity index is 1.88. The van der Waals surface area contributed by atoms with Gasteiger partial charge in [0.1, 0.15) is 0 Å². The second-order valence-corrected chi connectivity index (χ2v) is 4.66. The van der Waals surface area contributed by atoms with Gasteiger partial charge < -0.3 is 0 Å². The van der Waals surface area contributed by atoms with Gasteiger partial charge in [-0.2, -0.15) is 0 Å². The number of benzene rings is 1. The zero-order valence-corrected chi connectivity index (χ0v) is 9.06. The van der Waals surface area contributed by atoms with Crippen LogP contribution >= 0.6 is 0 Å². The summed E-state index contributed by atoms with van der Waals surface area (Å²) in [5.41, 5.74) is 2.64. The van der Waals surface area contributed by atoms with Crippen LogP contribution in [0.4, 0.5) is 5.69 Å². The van der Waals surface area contributed by atoms with E-state index in [9.17, 15) is 10.1 Å². The van der Waals surface area contributed by atoms with E-state index in [0.29, 0.717) is 0 Å². The number of rotatable bonds is 2. The van der Waals surface area contributed by atoms with Gasteiger partial charge in [-0.3, -0.25) is 15.0 Å². The van der Waals surface area contributed by atoms with Gasteiger partial charge in [-0.25, -0.2) is 0 Å². The second kappa shape index (κ2) is 3.56. The van der Waals surface area contributed by atoms with Crippen LogP contribution in [0, 0.1) is 10.1 Å². The average Bonchev–Trinajstić information content (AvgIpc) is 3.11. The van der Waals surface area contributed by atoms with Crippen LogP contribution < -0.4 is 0 Å². The molecule has 0 radical (unpaired) electrons. The number of hydrogen-bond donors (Lipinski definition) is 0. The normalized spacial score (nSPS) is 20.5. The maximum absolute atomic E-state index is 10.7. The fraction of sp³-hybridized carbons (Fsp3) is 0.500. The zero-order valence-electron chi connectivity index (χ0n) is 9.06. The molecular weight excluding hydrogens is 204 g/mol. The Hall–Kier alpha value is -1.42. The van der Waals surface area contributed by atoms with Crippen LogP contribution in [0.2, 0.25) is 0 Å². The Morgan fingerprint density at radius 3 is 2.81 bits per heavy atom. The van der Waals surface area contributed by atoms with Gasteiger partial charge in [0.25, 0.3) is 5.69 Å². The molecule has 3 rings (SSSR count). The number of nitrogens with zero attached hydrogens (tertiary/aromatic N) is 2. The molecule has 0 N–H and O–H groups in total. The fourth-order valence-corrected chi connectivity index (χ4v) is 2.43. The summed E-state index contributed by atoms with van der Waals surface area (Å²) in [6.45, 7) is 2.00. The molecule has 0 aromatic heterocycles. The molecule has 84 valence electrons. The summed E-state index contributed by atoms with van der Waals surface area (Å²) in [5, 5.41) is 10.7. The summed E-state index contributed by atoms with van der Waals surface area (Å²) in [6.07, 6.45) is 3.62. The van der Waals surface area contributed by atoms with Crippen LogP contribution in [0.3, 0.4) is 0 Å². The van der Waals surface area contributed by atoms with Gasteiger partial charge in [-0.15, -0.1) is 0 Å². The average molecular weight is 218 g/mol. The molecule has 1 aromatic carbocycles. The van der Waals surface area contributed by atoms with Crippen LogP contribution in [0.5, 0.6) is 0 Å². The van der Waals surface area contributed by atoms with Gasteiger partial charge in [0.2, 0.25) is 0 Å². The smallest absolute Gasteiger partial charge is 0.269 e. The van der Waals surface area contributed by atoms with E-state index in [1.807, 2.05) is 6.07 Å². The van der Waals surface area contributed by atoms with E-state index < -0.39 is 0 Å². The standard InChI is InChI=1S/C12H14N2O2/c15-14(16)12-2-1-9-5-6-13(11-3-4-11)8-10(9)7-12/h1-2,7,11H,3-6,8H2. The quantitative estimate of drug-likeness (QED) is 0.564. The fourth-order valence-electron chi connectivity index (χ4n) is 2.43. The summed E-state index contributed by atoms with van der Waals surface area (Å²) < 4.78 is 0. The largest absolute Gasteiger partial charge is 0.296 e. The van der Waals surface area contributed by atoms with Crippen LogP contribution in [0.1, 0.15) is 24.0 Å². The molecule has 0 saturated heterocycles. The van der Waals surface area contributed by atoms with Crippen molar-refractivity contribution in [2.75, 3.05) is 6.54 Å². The molecule has 0 unspecified atom stereocenters.